The molecule has 0 aliphatic rings. The van der Waals surface area contributed by atoms with E-state index >= 15 is 0 Å². The average Bonchev–Trinajstić information content (AvgIpc) is 2.28. The smallest absolute Gasteiger partial charge is 0.279 e. The number of rotatable bonds is 6. The van der Waals surface area contributed by atoms with Crippen LogP contribution in [0.1, 0.15) is 33.3 Å². The number of hydrogen-bond donors (Lipinski definition) is 0. The second-order valence-corrected chi connectivity index (χ2v) is 5.07. The zero-order valence-corrected chi connectivity index (χ0v) is 11.5. The lowest BCUT2D eigenvalue weighted by Crippen LogP contribution is -2.32. The van der Waals surface area contributed by atoms with Gasteiger partial charge in [-0.15, -0.1) is 0 Å². The molecule has 0 unspecified atom stereocenters. The summed E-state index contributed by atoms with van der Waals surface area (Å²) in [5, 5.41) is 0. The van der Waals surface area contributed by atoms with Gasteiger partial charge in [0.25, 0.3) is 5.53 Å². The van der Waals surface area contributed by atoms with Crippen molar-refractivity contribution in [2.75, 3.05) is 0 Å². The van der Waals surface area contributed by atoms with Gasteiger partial charge in [0.1, 0.15) is 0 Å². The quantitative estimate of drug-likeness (QED) is 0.572. The first kappa shape index (κ1) is 14.3. The van der Waals surface area contributed by atoms with Crippen LogP contribution in [-0.4, -0.2) is 12.2 Å². The van der Waals surface area contributed by atoms with Gasteiger partial charge in [-0.25, -0.2) is 0 Å². The Labute approximate surface area is 104 Å². The van der Waals surface area contributed by atoms with Crippen molar-refractivity contribution in [3.8, 4) is 0 Å². The lowest BCUT2D eigenvalue weighted by molar-refractivity contribution is -0.218. The summed E-state index contributed by atoms with van der Waals surface area (Å²) in [5.41, 5.74) is -0.493. The van der Waals surface area contributed by atoms with Crippen LogP contribution in [0.3, 0.4) is 0 Å². The Morgan fingerprint density at radius 3 is 1.94 bits per heavy atom. The molecule has 0 bridgehead atoms. The lowest BCUT2D eigenvalue weighted by atomic mass is 10.2. The van der Waals surface area contributed by atoms with Crippen molar-refractivity contribution in [1.29, 1.82) is 0 Å². The van der Waals surface area contributed by atoms with Crippen molar-refractivity contribution < 1.29 is 14.0 Å². The van der Waals surface area contributed by atoms with Gasteiger partial charge < -0.3 is 9.47 Å². The van der Waals surface area contributed by atoms with E-state index in [0.29, 0.717) is 0 Å². The van der Waals surface area contributed by atoms with E-state index in [1.807, 2.05) is 27.7 Å². The Hall–Kier alpha value is -0.760. The standard InChI is InChI=1S/C13H18O3P/c1-10(2)15-13(17-14,16-11(3)4)12-8-6-5-7-9-12/h6-11H,1-4H3. The van der Waals surface area contributed by atoms with Crippen LogP contribution in [0.4, 0.5) is 0 Å². The number of benzene rings is 1. The fraction of sp³-hybridized carbons (Fsp3) is 0.538. The van der Waals surface area contributed by atoms with Gasteiger partial charge in [-0.3, -0.25) is 4.57 Å². The predicted molar refractivity (Wildman–Crippen MR) is 67.0 cm³/mol. The first-order valence-corrected chi connectivity index (χ1v) is 6.48. The van der Waals surface area contributed by atoms with Crippen LogP contribution in [0, 0.1) is 6.07 Å². The molecule has 1 aromatic rings. The van der Waals surface area contributed by atoms with Gasteiger partial charge in [0, 0.05) is 5.56 Å². The molecule has 0 aromatic heterocycles. The highest BCUT2D eigenvalue weighted by molar-refractivity contribution is 7.24. The van der Waals surface area contributed by atoms with Gasteiger partial charge in [0.05, 0.1) is 12.2 Å². The minimum atomic E-state index is -1.22. The van der Waals surface area contributed by atoms with E-state index in [9.17, 15) is 4.57 Å². The summed E-state index contributed by atoms with van der Waals surface area (Å²) in [6.45, 7) is 7.55. The first-order chi connectivity index (χ1) is 8.00. The Balaban J connectivity index is 3.11. The van der Waals surface area contributed by atoms with E-state index in [4.69, 9.17) is 9.47 Å². The van der Waals surface area contributed by atoms with Crippen molar-refractivity contribution >= 4 is 8.46 Å². The van der Waals surface area contributed by atoms with Crippen LogP contribution in [-0.2, 0) is 19.6 Å². The third-order valence-corrected chi connectivity index (χ3v) is 2.70. The Morgan fingerprint density at radius 2 is 1.59 bits per heavy atom. The van der Waals surface area contributed by atoms with Gasteiger partial charge in [-0.1, -0.05) is 24.3 Å². The van der Waals surface area contributed by atoms with E-state index in [2.05, 4.69) is 6.07 Å². The molecule has 0 heterocycles. The number of hydrogen-bond acceptors (Lipinski definition) is 3. The van der Waals surface area contributed by atoms with Crippen LogP contribution >= 0.6 is 8.46 Å². The molecule has 0 spiro atoms. The normalized spacial score (nSPS) is 12.6. The highest BCUT2D eigenvalue weighted by Gasteiger charge is 2.37. The van der Waals surface area contributed by atoms with Crippen LogP contribution in [0.25, 0.3) is 0 Å². The Kier molecular flexibility index (Phi) is 5.26. The zero-order valence-electron chi connectivity index (χ0n) is 10.6. The summed E-state index contributed by atoms with van der Waals surface area (Å²) in [6.07, 6.45) is -0.168. The molecule has 0 saturated carbocycles. The maximum Gasteiger partial charge on any atom is 0.279 e. The molecule has 0 saturated heterocycles. The summed E-state index contributed by atoms with van der Waals surface area (Å²) in [4.78, 5) is 0. The van der Waals surface area contributed by atoms with E-state index in [0.717, 1.165) is 5.56 Å². The second kappa shape index (κ2) is 6.25. The lowest BCUT2D eigenvalue weighted by Gasteiger charge is -2.31. The van der Waals surface area contributed by atoms with Gasteiger partial charge in [-0.05, 0) is 33.8 Å². The first-order valence-electron chi connectivity index (χ1n) is 5.67. The maximum atomic E-state index is 11.5. The predicted octanol–water partition coefficient (Wildman–Crippen LogP) is 3.74. The SMILES string of the molecule is CC(C)OC(OC(C)C)(P=O)c1cc[c]cc1. The fourth-order valence-electron chi connectivity index (χ4n) is 1.50. The molecule has 0 amide bonds. The largest absolute Gasteiger partial charge is 0.334 e. The zero-order chi connectivity index (χ0) is 12.9. The molecule has 1 rings (SSSR count). The molecule has 1 aromatic carbocycles. The monoisotopic (exact) mass is 253 g/mol. The minimum absolute atomic E-state index is 0.0839. The molecule has 93 valence electrons. The molecule has 1 radical (unpaired) electrons. The van der Waals surface area contributed by atoms with Crippen LogP contribution in [0.15, 0.2) is 24.3 Å². The van der Waals surface area contributed by atoms with Crippen molar-refractivity contribution in [2.24, 2.45) is 0 Å². The van der Waals surface area contributed by atoms with E-state index < -0.39 is 5.53 Å². The molecule has 0 fully saturated rings. The highest BCUT2D eigenvalue weighted by atomic mass is 31.1. The van der Waals surface area contributed by atoms with Gasteiger partial charge in [0.2, 0.25) is 8.46 Å². The van der Waals surface area contributed by atoms with E-state index in [1.54, 1.807) is 24.3 Å². The van der Waals surface area contributed by atoms with Crippen molar-refractivity contribution in [3.63, 3.8) is 0 Å². The second-order valence-electron chi connectivity index (χ2n) is 4.30. The summed E-state index contributed by atoms with van der Waals surface area (Å²) in [6, 6.07) is 10.0. The molecule has 0 N–H and O–H groups in total. The molecule has 0 aliphatic carbocycles. The van der Waals surface area contributed by atoms with E-state index in [-0.39, 0.29) is 20.7 Å². The van der Waals surface area contributed by atoms with E-state index in [1.165, 1.54) is 0 Å². The summed E-state index contributed by atoms with van der Waals surface area (Å²) in [7, 11) is -0.204. The van der Waals surface area contributed by atoms with Gasteiger partial charge in [0.15, 0.2) is 0 Å². The van der Waals surface area contributed by atoms with Gasteiger partial charge >= 0.3 is 0 Å². The van der Waals surface area contributed by atoms with Crippen LogP contribution in [0.5, 0.6) is 0 Å². The number of ether oxygens (including phenoxy) is 2. The highest BCUT2D eigenvalue weighted by Crippen LogP contribution is 2.39. The molecule has 0 atom stereocenters. The van der Waals surface area contributed by atoms with Gasteiger partial charge in [-0.2, -0.15) is 0 Å². The molecule has 3 nitrogen and oxygen atoms in total. The third-order valence-electron chi connectivity index (χ3n) is 1.99. The Bertz CT molecular complexity index is 339. The topological polar surface area (TPSA) is 35.5 Å². The third kappa shape index (κ3) is 3.88. The van der Waals surface area contributed by atoms with Crippen molar-refractivity contribution in [3.05, 3.63) is 35.9 Å². The molecule has 4 heteroatoms. The summed E-state index contributed by atoms with van der Waals surface area (Å²) >= 11 is 0. The summed E-state index contributed by atoms with van der Waals surface area (Å²) < 4.78 is 23.0. The fourth-order valence-corrected chi connectivity index (χ4v) is 2.26. The molecular formula is C13H18O3P. The van der Waals surface area contributed by atoms with Crippen molar-refractivity contribution in [2.45, 2.75) is 45.4 Å². The average molecular weight is 253 g/mol. The maximum absolute atomic E-state index is 11.5. The summed E-state index contributed by atoms with van der Waals surface area (Å²) in [5.74, 6) is 0. The Morgan fingerprint density at radius 1 is 1.12 bits per heavy atom. The minimum Gasteiger partial charge on any atom is -0.334 e. The van der Waals surface area contributed by atoms with Crippen LogP contribution < -0.4 is 0 Å². The molecule has 17 heavy (non-hydrogen) atoms. The molecule has 0 aliphatic heterocycles. The molecular weight excluding hydrogens is 235 g/mol. The van der Waals surface area contributed by atoms with Crippen molar-refractivity contribution in [1.82, 2.24) is 0 Å². The van der Waals surface area contributed by atoms with Crippen LogP contribution in [0.2, 0.25) is 0 Å².